The van der Waals surface area contributed by atoms with E-state index in [4.69, 9.17) is 17.3 Å². The number of aryl methyl sites for hydroxylation is 2. The molecule has 2 N–H and O–H groups in total. The van der Waals surface area contributed by atoms with Crippen molar-refractivity contribution in [1.82, 2.24) is 0 Å². The zero-order valence-electron chi connectivity index (χ0n) is 10.5. The van der Waals surface area contributed by atoms with Gasteiger partial charge in [-0.25, -0.2) is 0 Å². The third-order valence-electron chi connectivity index (χ3n) is 2.92. The summed E-state index contributed by atoms with van der Waals surface area (Å²) in [5, 5.41) is 0.726. The Balaban J connectivity index is 2.09. The van der Waals surface area contributed by atoms with Crippen LogP contribution in [0.5, 0.6) is 0 Å². The Morgan fingerprint density at radius 1 is 1.06 bits per heavy atom. The van der Waals surface area contributed by atoms with Crippen LogP contribution >= 0.6 is 23.4 Å². The van der Waals surface area contributed by atoms with E-state index < -0.39 is 0 Å². The molecule has 0 unspecified atom stereocenters. The summed E-state index contributed by atoms with van der Waals surface area (Å²) in [6, 6.07) is 12.2. The summed E-state index contributed by atoms with van der Waals surface area (Å²) in [7, 11) is 0. The van der Waals surface area contributed by atoms with Crippen molar-refractivity contribution in [2.75, 3.05) is 5.73 Å². The van der Waals surface area contributed by atoms with Crippen molar-refractivity contribution in [2.45, 2.75) is 24.5 Å². The van der Waals surface area contributed by atoms with E-state index in [2.05, 4.69) is 32.0 Å². The van der Waals surface area contributed by atoms with E-state index >= 15 is 0 Å². The lowest BCUT2D eigenvalue weighted by Gasteiger charge is -2.07. The quantitative estimate of drug-likeness (QED) is 0.642. The van der Waals surface area contributed by atoms with Crippen molar-refractivity contribution in [2.24, 2.45) is 0 Å². The first-order valence-corrected chi connectivity index (χ1v) is 7.16. The normalized spacial score (nSPS) is 10.6. The Morgan fingerprint density at radius 3 is 2.50 bits per heavy atom. The van der Waals surface area contributed by atoms with Gasteiger partial charge in [0, 0.05) is 16.3 Å². The largest absolute Gasteiger partial charge is 0.399 e. The van der Waals surface area contributed by atoms with Gasteiger partial charge in [-0.15, -0.1) is 11.8 Å². The molecule has 2 rings (SSSR count). The molecule has 18 heavy (non-hydrogen) atoms. The van der Waals surface area contributed by atoms with Crippen LogP contribution in [0.1, 0.15) is 16.7 Å². The van der Waals surface area contributed by atoms with Crippen molar-refractivity contribution in [3.8, 4) is 0 Å². The highest BCUT2D eigenvalue weighted by Gasteiger charge is 2.03. The van der Waals surface area contributed by atoms with Crippen LogP contribution < -0.4 is 5.73 Å². The van der Waals surface area contributed by atoms with Crippen LogP contribution in [0.15, 0.2) is 41.3 Å². The van der Waals surface area contributed by atoms with Crippen LogP contribution in [0, 0.1) is 13.8 Å². The Hall–Kier alpha value is -1.12. The topological polar surface area (TPSA) is 26.0 Å². The van der Waals surface area contributed by atoms with Crippen molar-refractivity contribution in [1.29, 1.82) is 0 Å². The SMILES string of the molecule is Cc1ccc(CSc2ccc(N)cc2Cl)cc1C. The maximum atomic E-state index is 6.15. The van der Waals surface area contributed by atoms with Crippen molar-refractivity contribution in [3.05, 3.63) is 58.1 Å². The van der Waals surface area contributed by atoms with E-state index in [1.54, 1.807) is 17.8 Å². The fraction of sp³-hybridized carbons (Fsp3) is 0.200. The van der Waals surface area contributed by atoms with E-state index in [1.807, 2.05) is 12.1 Å². The minimum Gasteiger partial charge on any atom is -0.399 e. The minimum absolute atomic E-state index is 0.704. The molecule has 3 heteroatoms. The molecule has 2 aromatic rings. The maximum Gasteiger partial charge on any atom is 0.0562 e. The smallest absolute Gasteiger partial charge is 0.0562 e. The van der Waals surface area contributed by atoms with Crippen LogP contribution in [0.2, 0.25) is 5.02 Å². The number of halogens is 1. The van der Waals surface area contributed by atoms with E-state index in [1.165, 1.54) is 16.7 Å². The maximum absolute atomic E-state index is 6.15. The molecule has 0 aliphatic rings. The second-order valence-corrected chi connectivity index (χ2v) is 5.82. The molecule has 0 fully saturated rings. The number of anilines is 1. The van der Waals surface area contributed by atoms with E-state index in [-0.39, 0.29) is 0 Å². The van der Waals surface area contributed by atoms with Crippen LogP contribution in [0.3, 0.4) is 0 Å². The lowest BCUT2D eigenvalue weighted by atomic mass is 10.1. The highest BCUT2D eigenvalue weighted by Crippen LogP contribution is 2.31. The molecule has 0 amide bonds. The highest BCUT2D eigenvalue weighted by molar-refractivity contribution is 7.98. The number of nitrogens with two attached hydrogens (primary N) is 1. The van der Waals surface area contributed by atoms with Gasteiger partial charge in [-0.2, -0.15) is 0 Å². The first kappa shape index (κ1) is 13.3. The Morgan fingerprint density at radius 2 is 1.83 bits per heavy atom. The number of nitrogen functional groups attached to an aromatic ring is 1. The molecule has 0 spiro atoms. The van der Waals surface area contributed by atoms with Crippen LogP contribution in [-0.4, -0.2) is 0 Å². The molecule has 1 nitrogen and oxygen atoms in total. The van der Waals surface area contributed by atoms with Gasteiger partial charge in [0.25, 0.3) is 0 Å². The van der Waals surface area contributed by atoms with E-state index in [0.717, 1.165) is 15.7 Å². The van der Waals surface area contributed by atoms with E-state index in [0.29, 0.717) is 5.69 Å². The monoisotopic (exact) mass is 277 g/mol. The molecule has 0 atom stereocenters. The number of rotatable bonds is 3. The highest BCUT2D eigenvalue weighted by atomic mass is 35.5. The fourth-order valence-corrected chi connectivity index (χ4v) is 2.90. The van der Waals surface area contributed by atoms with Gasteiger partial charge in [-0.3, -0.25) is 0 Å². The molecule has 0 aliphatic heterocycles. The summed E-state index contributed by atoms with van der Waals surface area (Å²) >= 11 is 7.89. The fourth-order valence-electron chi connectivity index (χ4n) is 1.69. The molecule has 0 aromatic heterocycles. The van der Waals surface area contributed by atoms with Crippen molar-refractivity contribution < 1.29 is 0 Å². The Kier molecular flexibility index (Phi) is 4.20. The average Bonchev–Trinajstić information content (AvgIpc) is 2.32. The summed E-state index contributed by atoms with van der Waals surface area (Å²) in [5.74, 6) is 0.921. The molecule has 0 aliphatic carbocycles. The van der Waals surface area contributed by atoms with Gasteiger partial charge >= 0.3 is 0 Å². The Bertz CT molecular complexity index is 566. The molecule has 0 bridgehead atoms. The number of benzene rings is 2. The average molecular weight is 278 g/mol. The summed E-state index contributed by atoms with van der Waals surface area (Å²) in [6.45, 7) is 4.27. The van der Waals surface area contributed by atoms with E-state index in [9.17, 15) is 0 Å². The first-order chi connectivity index (χ1) is 8.56. The minimum atomic E-state index is 0.704. The summed E-state index contributed by atoms with van der Waals surface area (Å²) in [4.78, 5) is 1.07. The van der Waals surface area contributed by atoms with Crippen molar-refractivity contribution >= 4 is 29.1 Å². The molecule has 0 radical (unpaired) electrons. The summed E-state index contributed by atoms with van der Waals surface area (Å²) in [5.41, 5.74) is 10.4. The molecule has 2 aromatic carbocycles. The summed E-state index contributed by atoms with van der Waals surface area (Å²) < 4.78 is 0. The van der Waals surface area contributed by atoms with Crippen LogP contribution in [-0.2, 0) is 5.75 Å². The second kappa shape index (κ2) is 5.68. The molecule has 0 saturated carbocycles. The van der Waals surface area contributed by atoms with Gasteiger partial charge in [0.05, 0.1) is 5.02 Å². The van der Waals surface area contributed by atoms with Gasteiger partial charge in [-0.1, -0.05) is 29.8 Å². The Labute approximate surface area is 117 Å². The molecular weight excluding hydrogens is 262 g/mol. The third-order valence-corrected chi connectivity index (χ3v) is 4.49. The van der Waals surface area contributed by atoms with Gasteiger partial charge < -0.3 is 5.73 Å². The standard InChI is InChI=1S/C15H16ClNS/c1-10-3-4-12(7-11(10)2)9-18-15-6-5-13(17)8-14(15)16/h3-8H,9,17H2,1-2H3. The molecule has 94 valence electrons. The van der Waals surface area contributed by atoms with Crippen molar-refractivity contribution in [3.63, 3.8) is 0 Å². The second-order valence-electron chi connectivity index (χ2n) is 4.40. The van der Waals surface area contributed by atoms with Crippen LogP contribution in [0.4, 0.5) is 5.69 Å². The molecule has 0 heterocycles. The first-order valence-electron chi connectivity index (χ1n) is 5.80. The molecule has 0 saturated heterocycles. The molecular formula is C15H16ClNS. The number of thioether (sulfide) groups is 1. The number of hydrogen-bond acceptors (Lipinski definition) is 2. The van der Waals surface area contributed by atoms with Gasteiger partial charge in [-0.05, 0) is 48.7 Å². The predicted octanol–water partition coefficient (Wildman–Crippen LogP) is 4.83. The van der Waals surface area contributed by atoms with Gasteiger partial charge in [0.15, 0.2) is 0 Å². The zero-order valence-corrected chi connectivity index (χ0v) is 12.1. The predicted molar refractivity (Wildman–Crippen MR) is 81.3 cm³/mol. The lowest BCUT2D eigenvalue weighted by molar-refractivity contribution is 1.28. The third kappa shape index (κ3) is 3.21. The van der Waals surface area contributed by atoms with Gasteiger partial charge in [0.1, 0.15) is 0 Å². The van der Waals surface area contributed by atoms with Crippen LogP contribution in [0.25, 0.3) is 0 Å². The zero-order chi connectivity index (χ0) is 13.1. The summed E-state index contributed by atoms with van der Waals surface area (Å²) in [6.07, 6.45) is 0. The lowest BCUT2D eigenvalue weighted by Crippen LogP contribution is -1.87. The number of hydrogen-bond donors (Lipinski definition) is 1. The van der Waals surface area contributed by atoms with Gasteiger partial charge in [0.2, 0.25) is 0 Å².